The van der Waals surface area contributed by atoms with Crippen molar-refractivity contribution in [3.05, 3.63) is 54.0 Å². The highest BCUT2D eigenvalue weighted by molar-refractivity contribution is 7.97. The zero-order valence-corrected chi connectivity index (χ0v) is 16.8. The van der Waals surface area contributed by atoms with Crippen LogP contribution in [-0.2, 0) is 4.74 Å². The third-order valence-electron chi connectivity index (χ3n) is 5.80. The van der Waals surface area contributed by atoms with Crippen molar-refractivity contribution >= 4 is 22.9 Å². The highest BCUT2D eigenvalue weighted by atomic mass is 32.2. The van der Waals surface area contributed by atoms with E-state index in [1.165, 1.54) is 22.1 Å². The number of morpholine rings is 1. The molecule has 2 aromatic carbocycles. The molecular weight excluding hydrogens is 373 g/mol. The number of benzene rings is 2. The first-order chi connectivity index (χ1) is 13.7. The second kappa shape index (κ2) is 7.52. The van der Waals surface area contributed by atoms with E-state index in [-0.39, 0.29) is 5.82 Å². The summed E-state index contributed by atoms with van der Waals surface area (Å²) in [6.07, 6.45) is 1.98. The molecule has 1 atom stereocenters. The molecule has 0 bridgehead atoms. The molecule has 0 saturated carbocycles. The number of hydrogen-bond donors (Lipinski definition) is 1. The van der Waals surface area contributed by atoms with Gasteiger partial charge in [0.2, 0.25) is 0 Å². The van der Waals surface area contributed by atoms with Crippen molar-refractivity contribution in [2.45, 2.75) is 17.9 Å². The predicted molar refractivity (Wildman–Crippen MR) is 112 cm³/mol. The van der Waals surface area contributed by atoms with Crippen molar-refractivity contribution in [3.8, 4) is 11.1 Å². The second-order valence-electron chi connectivity index (χ2n) is 7.51. The summed E-state index contributed by atoms with van der Waals surface area (Å²) in [4.78, 5) is 7.02. The number of ether oxygens (including phenoxy) is 1. The first-order valence-corrected chi connectivity index (χ1v) is 10.6. The minimum Gasteiger partial charge on any atom is -0.379 e. The van der Waals surface area contributed by atoms with Gasteiger partial charge in [0, 0.05) is 59.8 Å². The van der Waals surface area contributed by atoms with Gasteiger partial charge in [0.1, 0.15) is 5.82 Å². The average molecular weight is 398 g/mol. The fourth-order valence-electron chi connectivity index (χ4n) is 4.13. The molecule has 2 aliphatic heterocycles. The average Bonchev–Trinajstić information content (AvgIpc) is 3.27. The van der Waals surface area contributed by atoms with Crippen LogP contribution in [0, 0.1) is 5.82 Å². The van der Waals surface area contributed by atoms with Crippen molar-refractivity contribution in [2.24, 2.45) is 0 Å². The van der Waals surface area contributed by atoms with Gasteiger partial charge in [0.15, 0.2) is 0 Å². The summed E-state index contributed by atoms with van der Waals surface area (Å²) < 4.78 is 21.4. The number of fused-ring (bicyclic) bond motifs is 2. The molecule has 28 heavy (non-hydrogen) atoms. The number of rotatable bonds is 4. The summed E-state index contributed by atoms with van der Waals surface area (Å²) in [5.41, 5.74) is 4.52. The summed E-state index contributed by atoms with van der Waals surface area (Å²) in [5.74, 6) is -0.212. The molecule has 4 nitrogen and oxygen atoms in total. The molecule has 5 rings (SSSR count). The molecule has 1 N–H and O–H groups in total. The number of nitrogens with one attached hydrogen (secondary N) is 1. The second-order valence-corrected chi connectivity index (χ2v) is 8.60. The van der Waals surface area contributed by atoms with Crippen LogP contribution in [0.1, 0.15) is 18.5 Å². The maximum Gasteiger partial charge on any atom is 0.125 e. The Morgan fingerprint density at radius 1 is 1.14 bits per heavy atom. The quantitative estimate of drug-likeness (QED) is 0.647. The van der Waals surface area contributed by atoms with E-state index in [0.717, 1.165) is 55.9 Å². The molecule has 0 spiro atoms. The largest absolute Gasteiger partial charge is 0.379 e. The fourth-order valence-corrected chi connectivity index (χ4v) is 5.29. The van der Waals surface area contributed by atoms with E-state index in [1.54, 1.807) is 6.07 Å². The molecule has 1 unspecified atom stereocenters. The van der Waals surface area contributed by atoms with Crippen LogP contribution < -0.4 is 0 Å². The van der Waals surface area contributed by atoms with E-state index in [2.05, 4.69) is 39.3 Å². The van der Waals surface area contributed by atoms with Crippen LogP contribution in [0.4, 0.5) is 4.39 Å². The van der Waals surface area contributed by atoms with E-state index in [9.17, 15) is 4.39 Å². The Bertz CT molecular complexity index is 999. The molecule has 6 heteroatoms. The van der Waals surface area contributed by atoms with Gasteiger partial charge in [-0.1, -0.05) is 6.07 Å². The number of nitrogens with zero attached hydrogens (tertiary/aromatic N) is 2. The van der Waals surface area contributed by atoms with Crippen molar-refractivity contribution in [1.29, 1.82) is 0 Å². The summed E-state index contributed by atoms with van der Waals surface area (Å²) in [7, 11) is 0. The molecule has 1 fully saturated rings. The van der Waals surface area contributed by atoms with Gasteiger partial charge < -0.3 is 9.72 Å². The lowest BCUT2D eigenvalue weighted by Gasteiger charge is -2.29. The molecule has 3 aromatic rings. The lowest BCUT2D eigenvalue weighted by Crippen LogP contribution is -2.40. The Balaban J connectivity index is 1.36. The van der Waals surface area contributed by atoms with Gasteiger partial charge in [0.05, 0.1) is 13.2 Å². The van der Waals surface area contributed by atoms with Crippen LogP contribution >= 0.6 is 11.9 Å². The Morgan fingerprint density at radius 2 is 2.00 bits per heavy atom. The number of halogens is 1. The topological polar surface area (TPSA) is 31.5 Å². The van der Waals surface area contributed by atoms with Gasteiger partial charge in [-0.3, -0.25) is 4.90 Å². The Hall–Kier alpha value is -1.86. The van der Waals surface area contributed by atoms with Gasteiger partial charge in [-0.15, -0.1) is 0 Å². The van der Waals surface area contributed by atoms with Gasteiger partial charge in [-0.2, -0.15) is 0 Å². The summed E-state index contributed by atoms with van der Waals surface area (Å²) in [6.45, 7) is 8.17. The summed E-state index contributed by atoms with van der Waals surface area (Å²) in [5, 5.41) is 1.06. The van der Waals surface area contributed by atoms with Crippen molar-refractivity contribution in [3.63, 3.8) is 0 Å². The van der Waals surface area contributed by atoms with Crippen molar-refractivity contribution < 1.29 is 9.13 Å². The minimum atomic E-state index is -0.212. The van der Waals surface area contributed by atoms with E-state index in [4.69, 9.17) is 4.74 Å². The maximum absolute atomic E-state index is 13.5. The van der Waals surface area contributed by atoms with Gasteiger partial charge in [-0.05, 0) is 60.3 Å². The monoisotopic (exact) mass is 397 g/mol. The first-order valence-electron chi connectivity index (χ1n) is 9.85. The van der Waals surface area contributed by atoms with Crippen LogP contribution in [0.2, 0.25) is 0 Å². The summed E-state index contributed by atoms with van der Waals surface area (Å²) in [6, 6.07) is 12.0. The van der Waals surface area contributed by atoms with E-state index in [1.807, 2.05) is 24.2 Å². The van der Waals surface area contributed by atoms with Crippen LogP contribution in [0.15, 0.2) is 47.5 Å². The van der Waals surface area contributed by atoms with Crippen molar-refractivity contribution in [1.82, 2.24) is 14.2 Å². The Morgan fingerprint density at radius 3 is 2.86 bits per heavy atom. The van der Waals surface area contributed by atoms with Crippen molar-refractivity contribution in [2.75, 3.05) is 39.4 Å². The van der Waals surface area contributed by atoms with Crippen LogP contribution in [-0.4, -0.2) is 53.6 Å². The molecule has 1 saturated heterocycles. The normalized spacial score (nSPS) is 20.7. The maximum atomic E-state index is 13.5. The van der Waals surface area contributed by atoms with Gasteiger partial charge in [-0.25, -0.2) is 8.70 Å². The zero-order chi connectivity index (χ0) is 19.1. The Kier molecular flexibility index (Phi) is 4.88. The fraction of sp³-hybridized carbons (Fsp3) is 0.364. The number of H-pyrrole nitrogens is 1. The zero-order valence-electron chi connectivity index (χ0n) is 16.0. The molecule has 0 amide bonds. The van der Waals surface area contributed by atoms with Crippen LogP contribution in [0.3, 0.4) is 0 Å². The molecule has 1 aromatic heterocycles. The number of aromatic amines is 1. The SMILES string of the molecule is CC1c2cc(-c3c[nH]c4cc(F)ccc34)ccc2SN1CCN1CCOCC1. The first kappa shape index (κ1) is 18.2. The number of aromatic nitrogens is 1. The van der Waals surface area contributed by atoms with E-state index in [0.29, 0.717) is 6.04 Å². The molecule has 146 valence electrons. The Labute approximate surface area is 168 Å². The lowest BCUT2D eigenvalue weighted by atomic mass is 9.99. The highest BCUT2D eigenvalue weighted by Gasteiger charge is 2.28. The summed E-state index contributed by atoms with van der Waals surface area (Å²) >= 11 is 1.86. The molecule has 0 aliphatic carbocycles. The predicted octanol–water partition coefficient (Wildman–Crippen LogP) is 4.69. The van der Waals surface area contributed by atoms with Crippen LogP contribution in [0.5, 0.6) is 0 Å². The molecular formula is C22H24FN3OS. The third-order valence-corrected chi connectivity index (χ3v) is 7.10. The van der Waals surface area contributed by atoms with Gasteiger partial charge >= 0.3 is 0 Å². The number of hydrogen-bond acceptors (Lipinski definition) is 4. The van der Waals surface area contributed by atoms with E-state index >= 15 is 0 Å². The highest BCUT2D eigenvalue weighted by Crippen LogP contribution is 2.45. The van der Waals surface area contributed by atoms with Crippen LogP contribution in [0.25, 0.3) is 22.0 Å². The minimum absolute atomic E-state index is 0.212. The lowest BCUT2D eigenvalue weighted by molar-refractivity contribution is 0.0359. The van der Waals surface area contributed by atoms with E-state index < -0.39 is 0 Å². The third kappa shape index (κ3) is 3.35. The van der Waals surface area contributed by atoms with Gasteiger partial charge in [0.25, 0.3) is 0 Å². The molecule has 3 heterocycles. The molecule has 2 aliphatic rings. The standard InChI is InChI=1S/C22H24FN3OS/c1-15-19-12-16(20-14-24-21-13-17(23)3-4-18(20)21)2-5-22(19)28-26(15)7-6-25-8-10-27-11-9-25/h2-5,12-15,24H,6-11H2,1H3. The molecule has 0 radical (unpaired) electrons. The smallest absolute Gasteiger partial charge is 0.125 e.